The first-order valence-electron chi connectivity index (χ1n) is 7.46. The van der Waals surface area contributed by atoms with E-state index in [1.54, 1.807) is 30.3 Å². The molecule has 0 radical (unpaired) electrons. The molecule has 1 N–H and O–H groups in total. The normalized spacial score (nSPS) is 15.3. The minimum Gasteiger partial charge on any atom is -0.493 e. The predicted octanol–water partition coefficient (Wildman–Crippen LogP) is 4.56. The van der Waals surface area contributed by atoms with Gasteiger partial charge in [0.2, 0.25) is 0 Å². The van der Waals surface area contributed by atoms with Gasteiger partial charge in [0.1, 0.15) is 16.7 Å². The third-order valence-corrected chi connectivity index (χ3v) is 5.08. The van der Waals surface area contributed by atoms with E-state index in [2.05, 4.69) is 5.32 Å². The largest absolute Gasteiger partial charge is 0.493 e. The van der Waals surface area contributed by atoms with E-state index in [4.69, 9.17) is 33.3 Å². The molecular weight excluding hydrogens is 397 g/mol. The third kappa shape index (κ3) is 4.17. The van der Waals surface area contributed by atoms with Gasteiger partial charge in [-0.05, 0) is 35.9 Å². The molecule has 0 atom stereocenters. The Balaban J connectivity index is 1.85. The third-order valence-electron chi connectivity index (χ3n) is 3.56. The second-order valence-electron chi connectivity index (χ2n) is 5.25. The van der Waals surface area contributed by atoms with Crippen molar-refractivity contribution in [2.24, 2.45) is 0 Å². The molecule has 8 heteroatoms. The minimum absolute atomic E-state index is 0.0544. The first-order chi connectivity index (χ1) is 12.5. The van der Waals surface area contributed by atoms with Crippen molar-refractivity contribution in [3.05, 3.63) is 63.3 Å². The monoisotopic (exact) mass is 409 g/mol. The van der Waals surface area contributed by atoms with Crippen LogP contribution in [0.15, 0.2) is 41.3 Å². The first-order valence-corrected chi connectivity index (χ1v) is 9.07. The van der Waals surface area contributed by atoms with Crippen LogP contribution in [0, 0.1) is 5.82 Å². The van der Waals surface area contributed by atoms with E-state index in [0.717, 1.165) is 5.56 Å². The van der Waals surface area contributed by atoms with Gasteiger partial charge >= 0.3 is 0 Å². The summed E-state index contributed by atoms with van der Waals surface area (Å²) in [4.78, 5) is 12.3. The predicted molar refractivity (Wildman–Crippen MR) is 105 cm³/mol. The van der Waals surface area contributed by atoms with E-state index in [1.165, 1.54) is 31.0 Å². The summed E-state index contributed by atoms with van der Waals surface area (Å²) < 4.78 is 25.3. The second-order valence-corrected chi connectivity index (χ2v) is 7.38. The molecule has 1 fully saturated rings. The zero-order valence-electron chi connectivity index (χ0n) is 13.5. The van der Waals surface area contributed by atoms with Gasteiger partial charge in [0, 0.05) is 5.56 Å². The number of carbonyl (C=O) groups is 1. The van der Waals surface area contributed by atoms with Crippen molar-refractivity contribution in [3.63, 3.8) is 0 Å². The lowest BCUT2D eigenvalue weighted by atomic mass is 10.1. The molecule has 0 spiro atoms. The summed E-state index contributed by atoms with van der Waals surface area (Å²) in [5, 5.41) is 2.85. The molecule has 1 heterocycles. The maximum absolute atomic E-state index is 13.9. The molecule has 0 bridgehead atoms. The van der Waals surface area contributed by atoms with Gasteiger partial charge in [0.05, 0.1) is 17.0 Å². The summed E-state index contributed by atoms with van der Waals surface area (Å²) in [7, 11) is 1.51. The molecular formula is C18H13ClFNO3S2. The van der Waals surface area contributed by atoms with E-state index in [0.29, 0.717) is 20.7 Å². The van der Waals surface area contributed by atoms with Crippen LogP contribution in [0.3, 0.4) is 0 Å². The van der Waals surface area contributed by atoms with Gasteiger partial charge in [-0.3, -0.25) is 4.79 Å². The first kappa shape index (κ1) is 18.7. The fraction of sp³-hybridized carbons (Fsp3) is 0.111. The van der Waals surface area contributed by atoms with E-state index in [1.807, 2.05) is 0 Å². The number of benzene rings is 2. The molecule has 3 rings (SSSR count). The van der Waals surface area contributed by atoms with Crippen molar-refractivity contribution < 1.29 is 18.7 Å². The molecule has 2 aromatic rings. The summed E-state index contributed by atoms with van der Waals surface area (Å²) in [6, 6.07) is 9.64. The molecule has 4 nitrogen and oxygen atoms in total. The number of hydrogen-bond donors (Lipinski definition) is 1. The molecule has 0 aliphatic carbocycles. The number of nitrogens with one attached hydrogen (secondary N) is 1. The second kappa shape index (κ2) is 8.07. The van der Waals surface area contributed by atoms with Crippen molar-refractivity contribution in [1.29, 1.82) is 0 Å². The highest BCUT2D eigenvalue weighted by Crippen LogP contribution is 2.32. The number of amides is 1. The molecule has 0 saturated carbocycles. The van der Waals surface area contributed by atoms with Crippen LogP contribution in [0.1, 0.15) is 11.1 Å². The highest BCUT2D eigenvalue weighted by atomic mass is 35.5. The average Bonchev–Trinajstić information content (AvgIpc) is 2.92. The Morgan fingerprint density at radius 2 is 2.12 bits per heavy atom. The molecule has 0 aromatic heterocycles. The summed E-state index contributed by atoms with van der Waals surface area (Å²) in [6.07, 6.45) is 1.70. The van der Waals surface area contributed by atoms with E-state index in [9.17, 15) is 9.18 Å². The maximum Gasteiger partial charge on any atom is 0.263 e. The Kier molecular flexibility index (Phi) is 5.80. The lowest BCUT2D eigenvalue weighted by Gasteiger charge is -2.13. The Morgan fingerprint density at radius 3 is 2.77 bits per heavy atom. The van der Waals surface area contributed by atoms with Gasteiger partial charge in [-0.1, -0.05) is 47.7 Å². The number of thioether (sulfide) groups is 1. The fourth-order valence-corrected chi connectivity index (χ4v) is 3.55. The number of carbonyl (C=O) groups excluding carboxylic acids is 1. The molecule has 1 aliphatic rings. The van der Waals surface area contributed by atoms with Crippen LogP contribution in [-0.2, 0) is 11.4 Å². The van der Waals surface area contributed by atoms with Gasteiger partial charge in [0.25, 0.3) is 5.91 Å². The van der Waals surface area contributed by atoms with Gasteiger partial charge in [-0.25, -0.2) is 4.39 Å². The van der Waals surface area contributed by atoms with Crippen molar-refractivity contribution in [3.8, 4) is 11.5 Å². The van der Waals surface area contributed by atoms with E-state index < -0.39 is 5.82 Å². The van der Waals surface area contributed by atoms with Crippen LogP contribution in [0.5, 0.6) is 11.5 Å². The molecule has 26 heavy (non-hydrogen) atoms. The lowest BCUT2D eigenvalue weighted by molar-refractivity contribution is -0.115. The number of ether oxygens (including phenoxy) is 2. The standard InChI is InChI=1S/C18H13ClFNO3S2/c1-23-14-6-5-10(8-16-17(22)21-18(25)26-16)7-15(14)24-9-11-12(19)3-2-4-13(11)20/h2-8H,9H2,1H3,(H,21,22,25). The summed E-state index contributed by atoms with van der Waals surface area (Å²) >= 11 is 12.2. The van der Waals surface area contributed by atoms with E-state index in [-0.39, 0.29) is 23.1 Å². The van der Waals surface area contributed by atoms with Crippen molar-refractivity contribution in [1.82, 2.24) is 5.32 Å². The van der Waals surface area contributed by atoms with Gasteiger partial charge < -0.3 is 14.8 Å². The van der Waals surface area contributed by atoms with Crippen LogP contribution in [-0.4, -0.2) is 17.3 Å². The summed E-state index contributed by atoms with van der Waals surface area (Å²) in [5.41, 5.74) is 0.985. The quantitative estimate of drug-likeness (QED) is 0.579. The van der Waals surface area contributed by atoms with Gasteiger partial charge in [-0.15, -0.1) is 0 Å². The Hall–Kier alpha value is -2.09. The number of hydrogen-bond acceptors (Lipinski definition) is 5. The number of thiocarbonyl (C=S) groups is 1. The van der Waals surface area contributed by atoms with Crippen molar-refractivity contribution in [2.75, 3.05) is 7.11 Å². The van der Waals surface area contributed by atoms with Crippen molar-refractivity contribution >= 4 is 51.9 Å². The summed E-state index contributed by atoms with van der Waals surface area (Å²) in [5.74, 6) is 0.213. The molecule has 1 aliphatic heterocycles. The Labute approximate surface area is 164 Å². The number of methoxy groups -OCH3 is 1. The maximum atomic E-state index is 13.9. The SMILES string of the molecule is COc1ccc(C=C2SC(=S)NC2=O)cc1OCc1c(F)cccc1Cl. The van der Waals surface area contributed by atoms with Crippen LogP contribution >= 0.6 is 35.6 Å². The molecule has 0 unspecified atom stereocenters. The molecule has 134 valence electrons. The van der Waals surface area contributed by atoms with Crippen LogP contribution in [0.25, 0.3) is 6.08 Å². The smallest absolute Gasteiger partial charge is 0.263 e. The lowest BCUT2D eigenvalue weighted by Crippen LogP contribution is -2.17. The minimum atomic E-state index is -0.442. The topological polar surface area (TPSA) is 47.6 Å². The van der Waals surface area contributed by atoms with Crippen LogP contribution < -0.4 is 14.8 Å². The van der Waals surface area contributed by atoms with Crippen LogP contribution in [0.2, 0.25) is 5.02 Å². The Morgan fingerprint density at radius 1 is 1.31 bits per heavy atom. The van der Waals surface area contributed by atoms with Gasteiger partial charge in [-0.2, -0.15) is 0 Å². The van der Waals surface area contributed by atoms with Crippen LogP contribution in [0.4, 0.5) is 4.39 Å². The zero-order chi connectivity index (χ0) is 18.7. The highest BCUT2D eigenvalue weighted by molar-refractivity contribution is 8.26. The van der Waals surface area contributed by atoms with Gasteiger partial charge in [0.15, 0.2) is 11.5 Å². The zero-order valence-corrected chi connectivity index (χ0v) is 15.9. The van der Waals surface area contributed by atoms with E-state index >= 15 is 0 Å². The Bertz CT molecular complexity index is 897. The number of halogens is 2. The average molecular weight is 410 g/mol. The molecule has 1 saturated heterocycles. The molecule has 2 aromatic carbocycles. The summed E-state index contributed by atoms with van der Waals surface area (Å²) in [6.45, 7) is -0.0544. The number of rotatable bonds is 5. The fourth-order valence-electron chi connectivity index (χ4n) is 2.29. The molecule has 1 amide bonds. The highest BCUT2D eigenvalue weighted by Gasteiger charge is 2.22. The van der Waals surface area contributed by atoms with Crippen molar-refractivity contribution in [2.45, 2.75) is 6.61 Å².